The smallest absolute Gasteiger partial charge is 0.254 e. The summed E-state index contributed by atoms with van der Waals surface area (Å²) in [5, 5.41) is 7.87. The van der Waals surface area contributed by atoms with E-state index >= 15 is 0 Å². The molecule has 0 bridgehead atoms. The van der Waals surface area contributed by atoms with Gasteiger partial charge in [-0.25, -0.2) is 4.68 Å². The Morgan fingerprint density at radius 1 is 1.00 bits per heavy atom. The first kappa shape index (κ1) is 27.2. The summed E-state index contributed by atoms with van der Waals surface area (Å²) in [6.07, 6.45) is 3.83. The van der Waals surface area contributed by atoms with Crippen LogP contribution in [0.4, 0.5) is 5.82 Å². The molecule has 2 aromatic carbocycles. The molecular weight excluding hydrogens is 448 g/mol. The standard InChI is InChI=1S/C30H40N4O2/c1-7-9-12-19-33(29(36)24-17-15-23(8-2)16-18-24)21-28(35)31-27-20-26(30(4,5)6)32-34(27)25-14-11-10-13-22(25)3/h10-11,13-18,20H,7-9,12,19,21H2,1-6H3,(H,31,35). The number of aryl methyl sites for hydroxylation is 2. The molecule has 1 aromatic heterocycles. The van der Waals surface area contributed by atoms with Gasteiger partial charge in [0, 0.05) is 23.6 Å². The molecule has 192 valence electrons. The maximum Gasteiger partial charge on any atom is 0.254 e. The number of para-hydroxylation sites is 1. The molecule has 36 heavy (non-hydrogen) atoms. The SMILES string of the molecule is CCCCCN(CC(=O)Nc1cc(C(C)(C)C)nn1-c1ccccc1C)C(=O)c1ccc(CC)cc1. The van der Waals surface area contributed by atoms with Gasteiger partial charge in [0.25, 0.3) is 5.91 Å². The van der Waals surface area contributed by atoms with Gasteiger partial charge >= 0.3 is 0 Å². The fourth-order valence-electron chi connectivity index (χ4n) is 4.05. The molecule has 1 heterocycles. The van der Waals surface area contributed by atoms with E-state index in [2.05, 4.69) is 39.9 Å². The molecule has 0 saturated carbocycles. The molecule has 1 N–H and O–H groups in total. The molecule has 0 aliphatic rings. The van der Waals surface area contributed by atoms with Crippen LogP contribution in [0, 0.1) is 6.92 Å². The molecule has 0 aliphatic heterocycles. The summed E-state index contributed by atoms with van der Waals surface area (Å²) in [4.78, 5) is 28.3. The lowest BCUT2D eigenvalue weighted by Crippen LogP contribution is -2.39. The van der Waals surface area contributed by atoms with Gasteiger partial charge in [-0.15, -0.1) is 0 Å². The number of nitrogens with one attached hydrogen (secondary N) is 1. The van der Waals surface area contributed by atoms with Crippen LogP contribution in [0.2, 0.25) is 0 Å². The minimum Gasteiger partial charge on any atom is -0.329 e. The second-order valence-electron chi connectivity index (χ2n) is 10.4. The van der Waals surface area contributed by atoms with Crippen molar-refractivity contribution in [2.75, 3.05) is 18.4 Å². The summed E-state index contributed by atoms with van der Waals surface area (Å²) in [5.41, 5.74) is 4.46. The summed E-state index contributed by atoms with van der Waals surface area (Å²) in [7, 11) is 0. The zero-order chi connectivity index (χ0) is 26.3. The molecular formula is C30H40N4O2. The number of nitrogens with zero attached hydrogens (tertiary/aromatic N) is 3. The second kappa shape index (κ2) is 12.0. The molecule has 0 unspecified atom stereocenters. The molecule has 0 atom stereocenters. The van der Waals surface area contributed by atoms with Crippen molar-refractivity contribution in [2.45, 2.75) is 72.6 Å². The van der Waals surface area contributed by atoms with Crippen molar-refractivity contribution < 1.29 is 9.59 Å². The average Bonchev–Trinajstić information content (AvgIpc) is 3.27. The summed E-state index contributed by atoms with van der Waals surface area (Å²) >= 11 is 0. The van der Waals surface area contributed by atoms with Crippen LogP contribution < -0.4 is 5.32 Å². The Morgan fingerprint density at radius 2 is 1.69 bits per heavy atom. The number of carbonyl (C=O) groups is 2. The Morgan fingerprint density at radius 3 is 2.31 bits per heavy atom. The summed E-state index contributed by atoms with van der Waals surface area (Å²) in [6.45, 7) is 13.1. The van der Waals surface area contributed by atoms with Crippen LogP contribution >= 0.6 is 0 Å². The number of benzene rings is 2. The highest BCUT2D eigenvalue weighted by Crippen LogP contribution is 2.27. The van der Waals surface area contributed by atoms with Crippen molar-refractivity contribution in [3.05, 3.63) is 77.0 Å². The normalized spacial score (nSPS) is 11.4. The highest BCUT2D eigenvalue weighted by Gasteiger charge is 2.24. The van der Waals surface area contributed by atoms with Gasteiger partial charge in [0.15, 0.2) is 0 Å². The highest BCUT2D eigenvalue weighted by atomic mass is 16.2. The topological polar surface area (TPSA) is 67.2 Å². The lowest BCUT2D eigenvalue weighted by atomic mass is 9.92. The average molecular weight is 489 g/mol. The molecule has 6 heteroatoms. The van der Waals surface area contributed by atoms with Crippen molar-refractivity contribution in [1.29, 1.82) is 0 Å². The van der Waals surface area contributed by atoms with Gasteiger partial charge in [-0.1, -0.05) is 77.8 Å². The van der Waals surface area contributed by atoms with Crippen molar-refractivity contribution in [3.63, 3.8) is 0 Å². The first-order chi connectivity index (χ1) is 17.1. The number of hydrogen-bond acceptors (Lipinski definition) is 3. The molecule has 0 aliphatic carbocycles. The van der Waals surface area contributed by atoms with E-state index in [1.807, 2.05) is 61.5 Å². The van der Waals surface area contributed by atoms with Crippen LogP contribution in [-0.4, -0.2) is 39.6 Å². The van der Waals surface area contributed by atoms with Gasteiger partial charge in [-0.05, 0) is 49.1 Å². The summed E-state index contributed by atoms with van der Waals surface area (Å²) < 4.78 is 1.79. The third-order valence-corrected chi connectivity index (χ3v) is 6.35. The number of carbonyl (C=O) groups excluding carboxylic acids is 2. The molecule has 3 aromatic rings. The largest absolute Gasteiger partial charge is 0.329 e. The number of aromatic nitrogens is 2. The van der Waals surface area contributed by atoms with Crippen LogP contribution in [0.25, 0.3) is 5.69 Å². The minimum atomic E-state index is -0.236. The number of rotatable bonds is 10. The van der Waals surface area contributed by atoms with E-state index in [9.17, 15) is 9.59 Å². The summed E-state index contributed by atoms with van der Waals surface area (Å²) in [6, 6.07) is 17.6. The molecule has 2 amide bonds. The van der Waals surface area contributed by atoms with E-state index in [4.69, 9.17) is 5.10 Å². The quantitative estimate of drug-likeness (QED) is 0.340. The zero-order valence-electron chi connectivity index (χ0n) is 22.6. The lowest BCUT2D eigenvalue weighted by molar-refractivity contribution is -0.117. The zero-order valence-corrected chi connectivity index (χ0v) is 22.6. The van der Waals surface area contributed by atoms with Crippen molar-refractivity contribution in [3.8, 4) is 5.69 Å². The molecule has 0 saturated heterocycles. The predicted octanol–water partition coefficient (Wildman–Crippen LogP) is 6.31. The summed E-state index contributed by atoms with van der Waals surface area (Å²) in [5.74, 6) is 0.249. The Bertz CT molecular complexity index is 1170. The number of hydrogen-bond donors (Lipinski definition) is 1. The van der Waals surface area contributed by atoms with Gasteiger partial charge in [0.1, 0.15) is 12.4 Å². The Labute approximate surface area is 215 Å². The fourth-order valence-corrected chi connectivity index (χ4v) is 4.05. The molecule has 0 spiro atoms. The van der Waals surface area contributed by atoms with Gasteiger partial charge in [-0.2, -0.15) is 5.10 Å². The maximum atomic E-state index is 13.3. The second-order valence-corrected chi connectivity index (χ2v) is 10.4. The molecule has 0 radical (unpaired) electrons. The van der Waals surface area contributed by atoms with Crippen molar-refractivity contribution >= 4 is 17.6 Å². The molecule has 3 rings (SSSR count). The number of unbranched alkanes of at least 4 members (excludes halogenated alkanes) is 2. The number of anilines is 1. The Hall–Kier alpha value is -3.41. The van der Waals surface area contributed by atoms with Crippen molar-refractivity contribution in [2.24, 2.45) is 0 Å². The van der Waals surface area contributed by atoms with Crippen LogP contribution in [0.3, 0.4) is 0 Å². The molecule has 0 fully saturated rings. The molecule has 6 nitrogen and oxygen atoms in total. The Balaban J connectivity index is 1.85. The van der Waals surface area contributed by atoms with Crippen LogP contribution in [-0.2, 0) is 16.6 Å². The van der Waals surface area contributed by atoms with E-state index in [1.165, 1.54) is 5.56 Å². The lowest BCUT2D eigenvalue weighted by Gasteiger charge is -2.22. The van der Waals surface area contributed by atoms with E-state index in [-0.39, 0.29) is 23.8 Å². The third-order valence-electron chi connectivity index (χ3n) is 6.35. The van der Waals surface area contributed by atoms with Gasteiger partial charge in [0.2, 0.25) is 5.91 Å². The van der Waals surface area contributed by atoms with Gasteiger partial charge < -0.3 is 10.2 Å². The van der Waals surface area contributed by atoms with E-state index in [0.29, 0.717) is 17.9 Å². The van der Waals surface area contributed by atoms with Crippen LogP contribution in [0.5, 0.6) is 0 Å². The maximum absolute atomic E-state index is 13.3. The van der Waals surface area contributed by atoms with Crippen LogP contribution in [0.1, 0.15) is 81.1 Å². The highest BCUT2D eigenvalue weighted by molar-refractivity contribution is 5.99. The van der Waals surface area contributed by atoms with Gasteiger partial charge in [0.05, 0.1) is 11.4 Å². The van der Waals surface area contributed by atoms with Gasteiger partial charge in [-0.3, -0.25) is 9.59 Å². The fraction of sp³-hybridized carbons (Fsp3) is 0.433. The van der Waals surface area contributed by atoms with E-state index in [1.54, 1.807) is 9.58 Å². The number of amides is 2. The van der Waals surface area contributed by atoms with Crippen molar-refractivity contribution in [1.82, 2.24) is 14.7 Å². The van der Waals surface area contributed by atoms with E-state index < -0.39 is 0 Å². The predicted molar refractivity (Wildman–Crippen MR) is 147 cm³/mol. The van der Waals surface area contributed by atoms with Crippen LogP contribution in [0.15, 0.2) is 54.6 Å². The first-order valence-electron chi connectivity index (χ1n) is 13.0. The first-order valence-corrected chi connectivity index (χ1v) is 13.0. The minimum absolute atomic E-state index is 0.0120. The Kier molecular flexibility index (Phi) is 9.08. The monoisotopic (exact) mass is 488 g/mol. The van der Waals surface area contributed by atoms with E-state index in [0.717, 1.165) is 42.6 Å². The third kappa shape index (κ3) is 6.84.